The molecule has 2 unspecified atom stereocenters. The number of anilines is 1. The monoisotopic (exact) mass is 567 g/mol. The minimum Gasteiger partial charge on any atom is -0.444 e. The summed E-state index contributed by atoms with van der Waals surface area (Å²) in [4.78, 5) is 43.0. The lowest BCUT2D eigenvalue weighted by Gasteiger charge is -2.34. The Bertz CT molecular complexity index is 1390. The highest BCUT2D eigenvalue weighted by molar-refractivity contribution is 5.99. The minimum absolute atomic E-state index is 0.226. The quantitative estimate of drug-likeness (QED) is 0.262. The molecule has 0 aliphatic rings. The van der Waals surface area contributed by atoms with Crippen LogP contribution in [0, 0.1) is 19.3 Å². The molecule has 2 atom stereocenters. The zero-order valence-corrected chi connectivity index (χ0v) is 25.1. The summed E-state index contributed by atoms with van der Waals surface area (Å²) in [5.41, 5.74) is 2.94. The van der Waals surface area contributed by atoms with E-state index in [1.807, 2.05) is 68.4 Å². The van der Waals surface area contributed by atoms with Crippen LogP contribution in [0.15, 0.2) is 78.9 Å². The van der Waals surface area contributed by atoms with E-state index in [9.17, 15) is 14.4 Å². The predicted molar refractivity (Wildman–Crippen MR) is 167 cm³/mol. The van der Waals surface area contributed by atoms with E-state index in [0.717, 1.165) is 17.5 Å². The number of unbranched alkanes of at least 4 members (excludes halogenated alkanes) is 1. The first-order chi connectivity index (χ1) is 20.0. The Hall–Kier alpha value is -4.57. The van der Waals surface area contributed by atoms with Crippen LogP contribution in [0.4, 0.5) is 10.5 Å². The molecule has 7 nitrogen and oxygen atoms in total. The largest absolute Gasteiger partial charge is 0.444 e. The number of alkyl carbamates (subject to hydrolysis) is 1. The van der Waals surface area contributed by atoms with Crippen molar-refractivity contribution in [2.75, 3.05) is 11.9 Å². The number of carbonyl (C=O) groups is 3. The molecule has 220 valence electrons. The zero-order valence-electron chi connectivity index (χ0n) is 25.1. The maximum Gasteiger partial charge on any atom is 0.408 e. The molecular formula is C35H41N3O4. The van der Waals surface area contributed by atoms with E-state index in [2.05, 4.69) is 16.6 Å². The first-order valence-corrected chi connectivity index (χ1v) is 14.3. The molecule has 0 heterocycles. The first kappa shape index (κ1) is 32.0. The number of terminal acetylenes is 1. The number of amides is 3. The van der Waals surface area contributed by atoms with Crippen LogP contribution in [0.2, 0.25) is 0 Å². The molecule has 0 bridgehead atoms. The lowest BCUT2D eigenvalue weighted by molar-refractivity contribution is -0.140. The van der Waals surface area contributed by atoms with Crippen molar-refractivity contribution in [3.63, 3.8) is 0 Å². The van der Waals surface area contributed by atoms with E-state index in [-0.39, 0.29) is 18.2 Å². The van der Waals surface area contributed by atoms with E-state index in [1.54, 1.807) is 49.9 Å². The lowest BCUT2D eigenvalue weighted by atomic mass is 9.99. The van der Waals surface area contributed by atoms with Crippen molar-refractivity contribution in [3.05, 3.63) is 101 Å². The van der Waals surface area contributed by atoms with Gasteiger partial charge in [0.15, 0.2) is 0 Å². The fourth-order valence-electron chi connectivity index (χ4n) is 4.54. The smallest absolute Gasteiger partial charge is 0.408 e. The van der Waals surface area contributed by atoms with Gasteiger partial charge < -0.3 is 20.3 Å². The molecule has 0 aromatic heterocycles. The van der Waals surface area contributed by atoms with Gasteiger partial charge in [0, 0.05) is 24.2 Å². The number of nitrogens with one attached hydrogen (secondary N) is 2. The van der Waals surface area contributed by atoms with Gasteiger partial charge in [0.1, 0.15) is 17.7 Å². The molecule has 7 heteroatoms. The summed E-state index contributed by atoms with van der Waals surface area (Å²) in [5, 5.41) is 5.81. The van der Waals surface area contributed by atoms with Gasteiger partial charge in [0.25, 0.3) is 5.91 Å². The highest BCUT2D eigenvalue weighted by Crippen LogP contribution is 2.27. The molecule has 0 aliphatic carbocycles. The Kier molecular flexibility index (Phi) is 11.3. The molecule has 3 amide bonds. The van der Waals surface area contributed by atoms with Crippen LogP contribution in [-0.2, 0) is 20.7 Å². The van der Waals surface area contributed by atoms with Gasteiger partial charge in [-0.25, -0.2) is 4.79 Å². The number of carbonyl (C=O) groups excluding carboxylic acids is 3. The molecule has 0 radical (unpaired) electrons. The summed E-state index contributed by atoms with van der Waals surface area (Å²) in [5.74, 6) is 1.85. The SMILES string of the molecule is C#Cc1ccc(C(C(=O)Nc2ccccc2C)N(CCCC)C(=O)C(Cc2ccccc2)NC(=O)OC(C)(C)C)cc1. The maximum atomic E-state index is 14.5. The van der Waals surface area contributed by atoms with E-state index < -0.39 is 23.8 Å². The molecule has 42 heavy (non-hydrogen) atoms. The third kappa shape index (κ3) is 9.24. The molecule has 2 N–H and O–H groups in total. The average molecular weight is 568 g/mol. The number of hydrogen-bond donors (Lipinski definition) is 2. The summed E-state index contributed by atoms with van der Waals surface area (Å²) in [6, 6.07) is 22.0. The Morgan fingerprint density at radius 1 is 0.952 bits per heavy atom. The topological polar surface area (TPSA) is 87.7 Å². The summed E-state index contributed by atoms with van der Waals surface area (Å²) >= 11 is 0. The van der Waals surface area contributed by atoms with E-state index in [4.69, 9.17) is 11.2 Å². The Morgan fingerprint density at radius 2 is 1.60 bits per heavy atom. The van der Waals surface area contributed by atoms with Crippen molar-refractivity contribution in [1.29, 1.82) is 0 Å². The van der Waals surface area contributed by atoms with Crippen LogP contribution in [0.1, 0.15) is 68.8 Å². The predicted octanol–water partition coefficient (Wildman–Crippen LogP) is 6.42. The van der Waals surface area contributed by atoms with Crippen molar-refractivity contribution < 1.29 is 19.1 Å². The summed E-state index contributed by atoms with van der Waals surface area (Å²) < 4.78 is 5.51. The second-order valence-corrected chi connectivity index (χ2v) is 11.2. The van der Waals surface area contributed by atoms with Gasteiger partial charge in [0.05, 0.1) is 0 Å². The van der Waals surface area contributed by atoms with Crippen molar-refractivity contribution in [2.45, 2.75) is 71.6 Å². The van der Waals surface area contributed by atoms with E-state index >= 15 is 0 Å². The second kappa shape index (κ2) is 14.9. The normalized spacial score (nSPS) is 12.4. The fraction of sp³-hybridized carbons (Fsp3) is 0.343. The van der Waals surface area contributed by atoms with Crippen molar-refractivity contribution in [1.82, 2.24) is 10.2 Å². The molecular weight excluding hydrogens is 526 g/mol. The summed E-state index contributed by atoms with van der Waals surface area (Å²) in [6.07, 6.45) is 6.57. The number of nitrogens with zero attached hydrogens (tertiary/aromatic N) is 1. The molecule has 3 aromatic carbocycles. The highest BCUT2D eigenvalue weighted by atomic mass is 16.6. The van der Waals surface area contributed by atoms with Gasteiger partial charge in [-0.3, -0.25) is 9.59 Å². The second-order valence-electron chi connectivity index (χ2n) is 11.2. The highest BCUT2D eigenvalue weighted by Gasteiger charge is 2.36. The first-order valence-electron chi connectivity index (χ1n) is 14.3. The number of rotatable bonds is 11. The van der Waals surface area contributed by atoms with Crippen molar-refractivity contribution in [2.24, 2.45) is 0 Å². The standard InChI is InChI=1S/C35H41N3O4/c1-7-9-23-38(33(40)30(24-27-16-11-10-12-17-27)37-34(41)42-35(4,5)6)31(28-21-19-26(8-2)20-22-28)32(39)36-29-18-14-13-15-25(29)3/h2,10-22,30-31H,7,9,23-24H2,1,3-6H3,(H,36,39)(H,37,41). The van der Waals surface area contributed by atoms with Gasteiger partial charge in [-0.1, -0.05) is 79.9 Å². The number of hydrogen-bond acceptors (Lipinski definition) is 4. The molecule has 0 saturated carbocycles. The van der Waals surface area contributed by atoms with Crippen LogP contribution in [0.5, 0.6) is 0 Å². The third-order valence-corrected chi connectivity index (χ3v) is 6.66. The van der Waals surface area contributed by atoms with Crippen LogP contribution in [-0.4, -0.2) is 41.0 Å². The Balaban J connectivity index is 2.07. The molecule has 0 aliphatic heterocycles. The number of ether oxygens (including phenoxy) is 1. The van der Waals surface area contributed by atoms with Crippen LogP contribution in [0.3, 0.4) is 0 Å². The van der Waals surface area contributed by atoms with Gasteiger partial charge in [0.2, 0.25) is 5.91 Å². The molecule has 3 rings (SSSR count). The van der Waals surface area contributed by atoms with Crippen LogP contribution in [0.25, 0.3) is 0 Å². The van der Waals surface area contributed by atoms with Crippen LogP contribution < -0.4 is 10.6 Å². The van der Waals surface area contributed by atoms with Crippen LogP contribution >= 0.6 is 0 Å². The lowest BCUT2D eigenvalue weighted by Crippen LogP contribution is -2.53. The Morgan fingerprint density at radius 3 is 2.19 bits per heavy atom. The number of para-hydroxylation sites is 1. The molecule has 0 saturated heterocycles. The van der Waals surface area contributed by atoms with Crippen molar-refractivity contribution >= 4 is 23.6 Å². The molecule has 0 fully saturated rings. The summed E-state index contributed by atoms with van der Waals surface area (Å²) in [7, 11) is 0. The third-order valence-electron chi connectivity index (χ3n) is 6.66. The zero-order chi connectivity index (χ0) is 30.7. The van der Waals surface area contributed by atoms with E-state index in [1.165, 1.54) is 0 Å². The van der Waals surface area contributed by atoms with Crippen molar-refractivity contribution in [3.8, 4) is 12.3 Å². The van der Waals surface area contributed by atoms with E-state index in [0.29, 0.717) is 29.8 Å². The molecule has 3 aromatic rings. The summed E-state index contributed by atoms with van der Waals surface area (Å²) in [6.45, 7) is 9.53. The van der Waals surface area contributed by atoms with Gasteiger partial charge in [-0.05, 0) is 69.0 Å². The number of benzene rings is 3. The molecule has 0 spiro atoms. The minimum atomic E-state index is -0.978. The number of aryl methyl sites for hydroxylation is 1. The average Bonchev–Trinajstić information content (AvgIpc) is 2.95. The Labute approximate surface area is 249 Å². The van der Waals surface area contributed by atoms with Gasteiger partial charge >= 0.3 is 6.09 Å². The fourth-order valence-corrected chi connectivity index (χ4v) is 4.54. The maximum absolute atomic E-state index is 14.5. The van der Waals surface area contributed by atoms with Gasteiger partial charge in [-0.2, -0.15) is 0 Å². The van der Waals surface area contributed by atoms with Gasteiger partial charge in [-0.15, -0.1) is 6.42 Å².